The maximum absolute atomic E-state index is 12.4. The van der Waals surface area contributed by atoms with Gasteiger partial charge in [-0.15, -0.1) is 0 Å². The van der Waals surface area contributed by atoms with Gasteiger partial charge in [0.25, 0.3) is 5.91 Å². The van der Waals surface area contributed by atoms with Gasteiger partial charge in [-0.1, -0.05) is 12.1 Å². The van der Waals surface area contributed by atoms with Crippen LogP contribution in [0.3, 0.4) is 0 Å². The Morgan fingerprint density at radius 3 is 2.52 bits per heavy atom. The highest BCUT2D eigenvalue weighted by atomic mass is 16.2. The number of benzene rings is 1. The van der Waals surface area contributed by atoms with Gasteiger partial charge in [0, 0.05) is 18.5 Å². The summed E-state index contributed by atoms with van der Waals surface area (Å²) in [6.07, 6.45) is 1.30. The minimum Gasteiger partial charge on any atom is -0.350 e. The van der Waals surface area contributed by atoms with Crippen molar-refractivity contribution in [1.82, 2.24) is 10.6 Å². The molecule has 0 radical (unpaired) electrons. The van der Waals surface area contributed by atoms with Crippen molar-refractivity contribution in [2.75, 3.05) is 18.0 Å². The summed E-state index contributed by atoms with van der Waals surface area (Å²) in [5, 5.41) is 5.40. The van der Waals surface area contributed by atoms with Gasteiger partial charge in [-0.2, -0.15) is 0 Å². The molecule has 1 heterocycles. The number of amides is 3. The highest BCUT2D eigenvalue weighted by Crippen LogP contribution is 2.25. The van der Waals surface area contributed by atoms with E-state index in [4.69, 9.17) is 0 Å². The van der Waals surface area contributed by atoms with Gasteiger partial charge in [0.1, 0.15) is 0 Å². The quantitative estimate of drug-likeness (QED) is 0.882. The van der Waals surface area contributed by atoms with E-state index >= 15 is 0 Å². The Morgan fingerprint density at radius 2 is 1.91 bits per heavy atom. The molecule has 0 aromatic heterocycles. The average Bonchev–Trinajstić information content (AvgIpc) is 2.89. The number of para-hydroxylation sites is 1. The summed E-state index contributed by atoms with van der Waals surface area (Å²) >= 11 is 0. The van der Waals surface area contributed by atoms with Crippen LogP contribution < -0.4 is 15.5 Å². The molecule has 0 atom stereocenters. The van der Waals surface area contributed by atoms with Crippen LogP contribution in [0.25, 0.3) is 0 Å². The molecule has 124 valence electrons. The first-order chi connectivity index (χ1) is 10.8. The first-order valence-electron chi connectivity index (χ1n) is 7.76. The normalized spacial score (nSPS) is 14.7. The van der Waals surface area contributed by atoms with E-state index in [9.17, 15) is 14.4 Å². The summed E-state index contributed by atoms with van der Waals surface area (Å²) in [6, 6.07) is 6.96. The van der Waals surface area contributed by atoms with E-state index in [1.807, 2.05) is 20.8 Å². The standard InChI is InChI=1S/C17H23N3O3/c1-17(2,3)19-14(21)11-18-16(23)12-7-4-5-8-13(12)20-10-6-9-15(20)22/h4-5,7-8H,6,9-11H2,1-3H3,(H,18,23)(H,19,21). The fourth-order valence-electron chi connectivity index (χ4n) is 2.52. The van der Waals surface area contributed by atoms with Crippen molar-refractivity contribution < 1.29 is 14.4 Å². The molecule has 0 unspecified atom stereocenters. The van der Waals surface area contributed by atoms with E-state index in [0.717, 1.165) is 6.42 Å². The third kappa shape index (κ3) is 4.55. The molecular weight excluding hydrogens is 294 g/mol. The molecule has 2 N–H and O–H groups in total. The second-order valence-corrected chi connectivity index (χ2v) is 6.65. The monoisotopic (exact) mass is 317 g/mol. The summed E-state index contributed by atoms with van der Waals surface area (Å²) in [5.41, 5.74) is 0.664. The second kappa shape index (κ2) is 6.81. The van der Waals surface area contributed by atoms with Crippen LogP contribution in [0.1, 0.15) is 44.0 Å². The summed E-state index contributed by atoms with van der Waals surface area (Å²) in [7, 11) is 0. The van der Waals surface area contributed by atoms with Gasteiger partial charge >= 0.3 is 0 Å². The van der Waals surface area contributed by atoms with Crippen molar-refractivity contribution in [3.05, 3.63) is 29.8 Å². The van der Waals surface area contributed by atoms with E-state index in [0.29, 0.717) is 24.2 Å². The van der Waals surface area contributed by atoms with Crippen LogP contribution in [-0.2, 0) is 9.59 Å². The molecule has 1 aliphatic rings. The number of nitrogens with one attached hydrogen (secondary N) is 2. The molecule has 1 aromatic rings. The Labute approximate surface area is 136 Å². The smallest absolute Gasteiger partial charge is 0.253 e. The van der Waals surface area contributed by atoms with Gasteiger partial charge in [-0.25, -0.2) is 0 Å². The number of carbonyl (C=O) groups is 3. The molecular formula is C17H23N3O3. The predicted molar refractivity (Wildman–Crippen MR) is 88.3 cm³/mol. The first kappa shape index (κ1) is 17.0. The van der Waals surface area contributed by atoms with Crippen molar-refractivity contribution in [3.63, 3.8) is 0 Å². The van der Waals surface area contributed by atoms with Gasteiger partial charge in [0.15, 0.2) is 0 Å². The highest BCUT2D eigenvalue weighted by Gasteiger charge is 2.25. The Hall–Kier alpha value is -2.37. The molecule has 2 rings (SSSR count). The summed E-state index contributed by atoms with van der Waals surface area (Å²) in [5.74, 6) is -0.583. The number of hydrogen-bond acceptors (Lipinski definition) is 3. The Balaban J connectivity index is 2.05. The zero-order valence-electron chi connectivity index (χ0n) is 13.8. The maximum Gasteiger partial charge on any atom is 0.253 e. The molecule has 1 fully saturated rings. The van der Waals surface area contributed by atoms with Crippen LogP contribution >= 0.6 is 0 Å². The number of carbonyl (C=O) groups excluding carboxylic acids is 3. The van der Waals surface area contributed by atoms with Gasteiger partial charge in [0.05, 0.1) is 17.8 Å². The number of nitrogens with zero attached hydrogens (tertiary/aromatic N) is 1. The molecule has 0 bridgehead atoms. The van der Waals surface area contributed by atoms with E-state index in [1.54, 1.807) is 29.2 Å². The van der Waals surface area contributed by atoms with Crippen molar-refractivity contribution in [3.8, 4) is 0 Å². The fraction of sp³-hybridized carbons (Fsp3) is 0.471. The molecule has 1 aliphatic heterocycles. The van der Waals surface area contributed by atoms with E-state index in [1.165, 1.54) is 0 Å². The number of rotatable bonds is 4. The lowest BCUT2D eigenvalue weighted by atomic mass is 10.1. The minimum absolute atomic E-state index is 0.0238. The Morgan fingerprint density at radius 1 is 1.22 bits per heavy atom. The lowest BCUT2D eigenvalue weighted by Gasteiger charge is -2.21. The molecule has 1 aromatic carbocycles. The van der Waals surface area contributed by atoms with Crippen LogP contribution in [0.15, 0.2) is 24.3 Å². The van der Waals surface area contributed by atoms with E-state index < -0.39 is 0 Å². The fourth-order valence-corrected chi connectivity index (χ4v) is 2.52. The van der Waals surface area contributed by atoms with Crippen molar-refractivity contribution in [1.29, 1.82) is 0 Å². The lowest BCUT2D eigenvalue weighted by Crippen LogP contribution is -2.46. The predicted octanol–water partition coefficient (Wildman–Crippen LogP) is 1.46. The van der Waals surface area contributed by atoms with Crippen molar-refractivity contribution in [2.24, 2.45) is 0 Å². The van der Waals surface area contributed by atoms with Crippen molar-refractivity contribution >= 4 is 23.4 Å². The maximum atomic E-state index is 12.4. The van der Waals surface area contributed by atoms with Crippen LogP contribution in [0, 0.1) is 0 Å². The largest absolute Gasteiger partial charge is 0.350 e. The Kier molecular flexibility index (Phi) is 5.03. The summed E-state index contributed by atoms with van der Waals surface area (Å²) in [4.78, 5) is 37.7. The van der Waals surface area contributed by atoms with Gasteiger partial charge in [-0.3, -0.25) is 14.4 Å². The SMILES string of the molecule is CC(C)(C)NC(=O)CNC(=O)c1ccccc1N1CCCC1=O. The zero-order chi connectivity index (χ0) is 17.0. The molecule has 0 saturated carbocycles. The number of hydrogen-bond donors (Lipinski definition) is 2. The van der Waals surface area contributed by atoms with Crippen molar-refractivity contribution in [2.45, 2.75) is 39.2 Å². The van der Waals surface area contributed by atoms with Gasteiger partial charge < -0.3 is 15.5 Å². The van der Waals surface area contributed by atoms with E-state index in [-0.39, 0.29) is 29.8 Å². The molecule has 1 saturated heterocycles. The molecule has 3 amide bonds. The average molecular weight is 317 g/mol. The van der Waals surface area contributed by atoms with Gasteiger partial charge in [-0.05, 0) is 39.3 Å². The summed E-state index contributed by atoms with van der Waals surface area (Å²) < 4.78 is 0. The molecule has 6 heteroatoms. The van der Waals surface area contributed by atoms with Crippen LogP contribution in [0.2, 0.25) is 0 Å². The molecule has 0 aliphatic carbocycles. The zero-order valence-corrected chi connectivity index (χ0v) is 13.8. The number of anilines is 1. The summed E-state index contributed by atoms with van der Waals surface area (Å²) in [6.45, 7) is 6.15. The molecule has 6 nitrogen and oxygen atoms in total. The third-order valence-corrected chi connectivity index (χ3v) is 3.44. The first-order valence-corrected chi connectivity index (χ1v) is 7.76. The van der Waals surface area contributed by atoms with Crippen LogP contribution in [0.5, 0.6) is 0 Å². The Bertz CT molecular complexity index is 620. The lowest BCUT2D eigenvalue weighted by molar-refractivity contribution is -0.121. The highest BCUT2D eigenvalue weighted by molar-refractivity contribution is 6.06. The molecule has 0 spiro atoms. The topological polar surface area (TPSA) is 78.5 Å². The van der Waals surface area contributed by atoms with Crippen LogP contribution in [0.4, 0.5) is 5.69 Å². The minimum atomic E-state index is -0.357. The molecule has 23 heavy (non-hydrogen) atoms. The third-order valence-electron chi connectivity index (χ3n) is 3.44. The van der Waals surface area contributed by atoms with Gasteiger partial charge in [0.2, 0.25) is 11.8 Å². The van der Waals surface area contributed by atoms with Crippen LogP contribution in [-0.4, -0.2) is 36.3 Å². The second-order valence-electron chi connectivity index (χ2n) is 6.65. The van der Waals surface area contributed by atoms with E-state index in [2.05, 4.69) is 10.6 Å².